The maximum atomic E-state index is 12.4. The van der Waals surface area contributed by atoms with Gasteiger partial charge in [0, 0.05) is 44.4 Å². The van der Waals surface area contributed by atoms with Gasteiger partial charge < -0.3 is 18.9 Å². The van der Waals surface area contributed by atoms with Crippen LogP contribution in [0.3, 0.4) is 0 Å². The second-order valence-corrected chi connectivity index (χ2v) is 7.06. The summed E-state index contributed by atoms with van der Waals surface area (Å²) in [6.45, 7) is 2.76. The maximum absolute atomic E-state index is 12.4. The number of hydrogen-bond acceptors (Lipinski definition) is 6. The average Bonchev–Trinajstić information content (AvgIpc) is 3.29. The third kappa shape index (κ3) is 3.12. The van der Waals surface area contributed by atoms with Crippen molar-refractivity contribution in [2.24, 2.45) is 5.41 Å². The molecule has 2 aliphatic heterocycles. The molecule has 1 aromatic carbocycles. The Morgan fingerprint density at radius 1 is 1.31 bits per heavy atom. The molecule has 1 aromatic heterocycles. The van der Waals surface area contributed by atoms with Gasteiger partial charge in [0.05, 0.1) is 5.92 Å². The molecule has 3 heterocycles. The van der Waals surface area contributed by atoms with Crippen LogP contribution in [0.4, 0.5) is 0 Å². The normalized spacial score (nSPS) is 22.0. The smallest absolute Gasteiger partial charge is 0.248 e. The first-order valence-corrected chi connectivity index (χ1v) is 8.95. The summed E-state index contributed by atoms with van der Waals surface area (Å²) in [5.41, 5.74) is 0.858. The first-order chi connectivity index (χ1) is 12.7. The van der Waals surface area contributed by atoms with Crippen LogP contribution in [0.5, 0.6) is 0 Å². The van der Waals surface area contributed by atoms with Crippen LogP contribution in [0.2, 0.25) is 0 Å². The molecule has 26 heavy (non-hydrogen) atoms. The molecule has 138 valence electrons. The summed E-state index contributed by atoms with van der Waals surface area (Å²) in [5, 5.41) is 4.17. The largest absolute Gasteiger partial charge is 0.381 e. The molecular formula is C19H23N3O4. The molecule has 7 heteroatoms. The molecule has 1 atom stereocenters. The van der Waals surface area contributed by atoms with E-state index < -0.39 is 0 Å². The van der Waals surface area contributed by atoms with Crippen molar-refractivity contribution in [1.29, 1.82) is 0 Å². The second-order valence-electron chi connectivity index (χ2n) is 7.06. The van der Waals surface area contributed by atoms with Crippen molar-refractivity contribution in [3.05, 3.63) is 36.2 Å². The van der Waals surface area contributed by atoms with Gasteiger partial charge >= 0.3 is 0 Å². The van der Waals surface area contributed by atoms with Crippen LogP contribution in [-0.4, -0.2) is 61.0 Å². The van der Waals surface area contributed by atoms with Crippen LogP contribution < -0.4 is 0 Å². The molecule has 2 aromatic rings. The number of amides is 1. The Bertz CT molecular complexity index is 755. The molecule has 0 radical (unpaired) electrons. The summed E-state index contributed by atoms with van der Waals surface area (Å²) in [4.78, 5) is 18.9. The van der Waals surface area contributed by atoms with Crippen LogP contribution in [0.25, 0.3) is 11.4 Å². The zero-order chi connectivity index (χ0) is 18.0. The number of methoxy groups -OCH3 is 1. The minimum absolute atomic E-state index is 0.00339. The summed E-state index contributed by atoms with van der Waals surface area (Å²) in [7, 11) is 1.54. The second kappa shape index (κ2) is 7.17. The molecule has 2 fully saturated rings. The lowest BCUT2D eigenvalue weighted by Crippen LogP contribution is -2.38. The van der Waals surface area contributed by atoms with Crippen molar-refractivity contribution in [3.8, 4) is 11.4 Å². The monoisotopic (exact) mass is 357 g/mol. The number of nitrogens with zero attached hydrogens (tertiary/aromatic N) is 3. The van der Waals surface area contributed by atoms with E-state index in [1.165, 1.54) is 0 Å². The van der Waals surface area contributed by atoms with Crippen LogP contribution in [-0.2, 0) is 14.3 Å². The van der Waals surface area contributed by atoms with E-state index in [0.717, 1.165) is 18.4 Å². The molecule has 0 unspecified atom stereocenters. The van der Waals surface area contributed by atoms with Crippen LogP contribution in [0.1, 0.15) is 24.7 Å². The van der Waals surface area contributed by atoms with Gasteiger partial charge in [-0.15, -0.1) is 0 Å². The van der Waals surface area contributed by atoms with Crippen molar-refractivity contribution in [1.82, 2.24) is 15.0 Å². The molecule has 2 aliphatic rings. The molecule has 4 rings (SSSR count). The fourth-order valence-electron chi connectivity index (χ4n) is 4.08. The summed E-state index contributed by atoms with van der Waals surface area (Å²) in [6.07, 6.45) is 1.77. The van der Waals surface area contributed by atoms with Gasteiger partial charge in [0.2, 0.25) is 17.6 Å². The third-order valence-electron chi connectivity index (χ3n) is 5.53. The Balaban J connectivity index is 1.62. The number of ether oxygens (including phenoxy) is 2. The number of likely N-dealkylation sites (tertiary alicyclic amines) is 1. The number of carbonyl (C=O) groups excluding carboxylic acids is 1. The highest BCUT2D eigenvalue weighted by molar-refractivity contribution is 5.78. The topological polar surface area (TPSA) is 77.7 Å². The van der Waals surface area contributed by atoms with Gasteiger partial charge in [0.1, 0.15) is 6.61 Å². The molecule has 7 nitrogen and oxygen atoms in total. The highest BCUT2D eigenvalue weighted by Gasteiger charge is 2.51. The number of carbonyl (C=O) groups is 1. The van der Waals surface area contributed by atoms with E-state index in [2.05, 4.69) is 10.1 Å². The van der Waals surface area contributed by atoms with E-state index in [9.17, 15) is 4.79 Å². The predicted octanol–water partition coefficient (Wildman–Crippen LogP) is 2.11. The van der Waals surface area contributed by atoms with Crippen molar-refractivity contribution in [2.75, 3.05) is 40.0 Å². The Labute approximate surface area is 152 Å². The van der Waals surface area contributed by atoms with Gasteiger partial charge in [0.25, 0.3) is 0 Å². The minimum atomic E-state index is -0.0673. The van der Waals surface area contributed by atoms with Crippen LogP contribution in [0.15, 0.2) is 34.9 Å². The van der Waals surface area contributed by atoms with E-state index in [4.69, 9.17) is 14.0 Å². The molecule has 1 amide bonds. The van der Waals surface area contributed by atoms with Crippen molar-refractivity contribution in [3.63, 3.8) is 0 Å². The highest BCUT2D eigenvalue weighted by Crippen LogP contribution is 2.49. The van der Waals surface area contributed by atoms with E-state index in [0.29, 0.717) is 38.0 Å². The molecule has 0 saturated carbocycles. The number of hydrogen-bond donors (Lipinski definition) is 0. The van der Waals surface area contributed by atoms with Gasteiger partial charge in [-0.1, -0.05) is 35.5 Å². The molecule has 0 bridgehead atoms. The van der Waals surface area contributed by atoms with Gasteiger partial charge in [-0.25, -0.2) is 0 Å². The lowest BCUT2D eigenvalue weighted by molar-refractivity contribution is -0.134. The van der Waals surface area contributed by atoms with Gasteiger partial charge in [-0.2, -0.15) is 4.98 Å². The van der Waals surface area contributed by atoms with Crippen molar-refractivity contribution in [2.45, 2.75) is 18.8 Å². The van der Waals surface area contributed by atoms with Crippen molar-refractivity contribution >= 4 is 5.91 Å². The van der Waals surface area contributed by atoms with Gasteiger partial charge in [-0.3, -0.25) is 4.79 Å². The van der Waals surface area contributed by atoms with Gasteiger partial charge in [-0.05, 0) is 12.8 Å². The quantitative estimate of drug-likeness (QED) is 0.834. The Morgan fingerprint density at radius 2 is 2.08 bits per heavy atom. The van der Waals surface area contributed by atoms with Crippen LogP contribution in [0, 0.1) is 5.41 Å². The van der Waals surface area contributed by atoms with Gasteiger partial charge in [0.15, 0.2) is 0 Å². The molecule has 1 spiro atoms. The van der Waals surface area contributed by atoms with Crippen molar-refractivity contribution < 1.29 is 18.8 Å². The molecular weight excluding hydrogens is 334 g/mol. The number of aromatic nitrogens is 2. The average molecular weight is 357 g/mol. The standard InChI is InChI=1S/C19H23N3O4/c1-24-12-16(23)22-11-15(19(13-22)7-9-25-10-8-19)18-20-17(21-26-18)14-5-3-2-4-6-14/h2-6,15H,7-13H2,1H3/t15-/m1/s1. The molecule has 2 saturated heterocycles. The third-order valence-corrected chi connectivity index (χ3v) is 5.53. The Hall–Kier alpha value is -2.25. The maximum Gasteiger partial charge on any atom is 0.248 e. The number of rotatable bonds is 4. The van der Waals surface area contributed by atoms with E-state index in [1.54, 1.807) is 7.11 Å². The lowest BCUT2D eigenvalue weighted by atomic mass is 9.72. The molecule has 0 aliphatic carbocycles. The minimum Gasteiger partial charge on any atom is -0.381 e. The SMILES string of the molecule is COCC(=O)N1C[C@H](c2nc(-c3ccccc3)no2)C2(CCOCC2)C1. The highest BCUT2D eigenvalue weighted by atomic mass is 16.5. The zero-order valence-corrected chi connectivity index (χ0v) is 14.9. The predicted molar refractivity (Wildman–Crippen MR) is 93.4 cm³/mol. The van der Waals surface area contributed by atoms with Crippen LogP contribution >= 0.6 is 0 Å². The first kappa shape index (κ1) is 17.2. The molecule has 0 N–H and O–H groups in total. The Kier molecular flexibility index (Phi) is 4.74. The fraction of sp³-hybridized carbons (Fsp3) is 0.526. The Morgan fingerprint density at radius 3 is 2.81 bits per heavy atom. The van der Waals surface area contributed by atoms with E-state index in [-0.39, 0.29) is 23.8 Å². The lowest BCUT2D eigenvalue weighted by Gasteiger charge is -2.36. The fourth-order valence-corrected chi connectivity index (χ4v) is 4.08. The summed E-state index contributed by atoms with van der Waals surface area (Å²) in [5.74, 6) is 1.23. The summed E-state index contributed by atoms with van der Waals surface area (Å²) >= 11 is 0. The van der Waals surface area contributed by atoms with E-state index in [1.807, 2.05) is 35.2 Å². The summed E-state index contributed by atoms with van der Waals surface area (Å²) in [6, 6.07) is 9.78. The summed E-state index contributed by atoms with van der Waals surface area (Å²) < 4.78 is 16.2. The zero-order valence-electron chi connectivity index (χ0n) is 14.9. The van der Waals surface area contributed by atoms with E-state index >= 15 is 0 Å². The first-order valence-electron chi connectivity index (χ1n) is 8.95. The number of benzene rings is 1.